The number of aromatic nitrogens is 2. The van der Waals surface area contributed by atoms with Gasteiger partial charge >= 0.3 is 11.9 Å². The summed E-state index contributed by atoms with van der Waals surface area (Å²) in [5.74, 6) is -1.45. The van der Waals surface area contributed by atoms with Crippen molar-refractivity contribution in [3.63, 3.8) is 0 Å². The van der Waals surface area contributed by atoms with Crippen molar-refractivity contribution in [3.05, 3.63) is 66.3 Å². The zero-order chi connectivity index (χ0) is 20.4. The van der Waals surface area contributed by atoms with Crippen LogP contribution in [0.2, 0.25) is 0 Å². The molecule has 0 aliphatic rings. The minimum Gasteiger partial charge on any atom is -0.478 e. The normalized spacial score (nSPS) is 13.1. The molecule has 2 aromatic rings. The molecule has 0 aliphatic heterocycles. The van der Waals surface area contributed by atoms with E-state index in [1.807, 2.05) is 6.20 Å². The van der Waals surface area contributed by atoms with Crippen LogP contribution < -0.4 is 0 Å². The maximum atomic E-state index is 9.55. The Kier molecular flexibility index (Phi) is 8.41. The summed E-state index contributed by atoms with van der Waals surface area (Å²) in [6, 6.07) is 10.7. The second kappa shape index (κ2) is 10.3. The Bertz CT molecular complexity index is 753. The lowest BCUT2D eigenvalue weighted by Gasteiger charge is -2.40. The zero-order valence-electron chi connectivity index (χ0n) is 16.2. The van der Waals surface area contributed by atoms with E-state index in [1.54, 1.807) is 0 Å². The molecule has 0 bridgehead atoms. The third-order valence-electron chi connectivity index (χ3n) is 4.48. The van der Waals surface area contributed by atoms with E-state index in [0.29, 0.717) is 12.2 Å². The Balaban J connectivity index is 0.000000387. The molecule has 1 unspecified atom stereocenters. The lowest BCUT2D eigenvalue weighted by molar-refractivity contribution is -0.134. The van der Waals surface area contributed by atoms with Crippen LogP contribution in [-0.4, -0.2) is 50.7 Å². The molecule has 0 saturated heterocycles. The molecule has 0 saturated carbocycles. The summed E-state index contributed by atoms with van der Waals surface area (Å²) >= 11 is 0. The second-order valence-corrected chi connectivity index (χ2v) is 6.26. The minimum absolute atomic E-state index is 0.00667. The van der Waals surface area contributed by atoms with Gasteiger partial charge in [0, 0.05) is 31.1 Å². The van der Waals surface area contributed by atoms with E-state index in [-0.39, 0.29) is 5.54 Å². The van der Waals surface area contributed by atoms with Crippen molar-refractivity contribution < 1.29 is 19.8 Å². The van der Waals surface area contributed by atoms with Crippen LogP contribution in [0.15, 0.2) is 54.9 Å². The first-order chi connectivity index (χ1) is 12.7. The summed E-state index contributed by atoms with van der Waals surface area (Å²) < 4.78 is 2.23. The van der Waals surface area contributed by atoms with E-state index >= 15 is 0 Å². The number of carbonyl (C=O) groups is 2. The van der Waals surface area contributed by atoms with Crippen molar-refractivity contribution in [2.75, 3.05) is 14.1 Å². The Morgan fingerprint density at radius 2 is 1.70 bits per heavy atom. The molecule has 0 aliphatic carbocycles. The molecule has 2 N–H and O–H groups in total. The second-order valence-electron chi connectivity index (χ2n) is 6.26. The van der Waals surface area contributed by atoms with Crippen LogP contribution in [0.25, 0.3) is 0 Å². The molecule has 27 heavy (non-hydrogen) atoms. The number of nitrogens with zero attached hydrogens (tertiary/aromatic N) is 3. The first kappa shape index (κ1) is 22.1. The van der Waals surface area contributed by atoms with Crippen molar-refractivity contribution >= 4 is 11.9 Å². The number of carboxylic acids is 2. The topological polar surface area (TPSA) is 95.7 Å². The Morgan fingerprint density at radius 1 is 1.15 bits per heavy atom. The van der Waals surface area contributed by atoms with Gasteiger partial charge in [-0.15, -0.1) is 0 Å². The summed E-state index contributed by atoms with van der Waals surface area (Å²) in [7, 11) is 4.31. The minimum atomic E-state index is -1.26. The van der Waals surface area contributed by atoms with Gasteiger partial charge in [0.1, 0.15) is 5.82 Å². The maximum Gasteiger partial charge on any atom is 0.328 e. The third-order valence-corrected chi connectivity index (χ3v) is 4.48. The molecule has 0 fully saturated rings. The largest absolute Gasteiger partial charge is 0.478 e. The molecule has 1 atom stereocenters. The maximum absolute atomic E-state index is 9.55. The van der Waals surface area contributed by atoms with Gasteiger partial charge in [0.05, 0.1) is 5.54 Å². The first-order valence-electron chi connectivity index (χ1n) is 8.57. The molecular formula is C20H27N3O4. The van der Waals surface area contributed by atoms with Gasteiger partial charge in [-0.1, -0.05) is 37.3 Å². The van der Waals surface area contributed by atoms with Gasteiger partial charge in [0.15, 0.2) is 0 Å². The van der Waals surface area contributed by atoms with Crippen LogP contribution in [0.4, 0.5) is 0 Å². The van der Waals surface area contributed by atoms with Crippen LogP contribution in [0.5, 0.6) is 0 Å². The molecule has 0 radical (unpaired) electrons. The fourth-order valence-corrected chi connectivity index (χ4v) is 2.87. The molecule has 7 heteroatoms. The summed E-state index contributed by atoms with van der Waals surface area (Å²) in [5.41, 5.74) is 1.36. The number of imidazole rings is 1. The highest BCUT2D eigenvalue weighted by Crippen LogP contribution is 2.32. The van der Waals surface area contributed by atoms with Crippen LogP contribution in [-0.2, 0) is 21.7 Å². The fourth-order valence-electron chi connectivity index (χ4n) is 2.87. The standard InChI is InChI=1S/C16H23N3.C4H4O4/c1-5-16(18(3)4,15-9-7-6-8-10-15)13-19-12-11-17-14(19)2;5-3(6)1-2-4(7)8/h6-12H,5,13H2,1-4H3;1-2H,(H,5,6)(H,7,8)/b;2-1-. The third kappa shape index (κ3) is 6.38. The number of hydrogen-bond acceptors (Lipinski definition) is 4. The number of benzene rings is 1. The number of hydrogen-bond donors (Lipinski definition) is 2. The average Bonchev–Trinajstić information content (AvgIpc) is 3.03. The Morgan fingerprint density at radius 3 is 2.07 bits per heavy atom. The van der Waals surface area contributed by atoms with Crippen molar-refractivity contribution in [3.8, 4) is 0 Å². The van der Waals surface area contributed by atoms with Gasteiger partial charge < -0.3 is 14.8 Å². The van der Waals surface area contributed by atoms with E-state index in [9.17, 15) is 9.59 Å². The van der Waals surface area contributed by atoms with Gasteiger partial charge in [0.25, 0.3) is 0 Å². The van der Waals surface area contributed by atoms with E-state index in [4.69, 9.17) is 10.2 Å². The molecule has 0 spiro atoms. The Hall–Kier alpha value is -2.93. The molecule has 1 heterocycles. The Labute approximate surface area is 159 Å². The lowest BCUT2D eigenvalue weighted by Crippen LogP contribution is -2.44. The van der Waals surface area contributed by atoms with Gasteiger partial charge in [-0.2, -0.15) is 0 Å². The number of aryl methyl sites for hydroxylation is 1. The predicted molar refractivity (Wildman–Crippen MR) is 103 cm³/mol. The molecule has 2 rings (SSSR count). The highest BCUT2D eigenvalue weighted by Gasteiger charge is 2.33. The van der Waals surface area contributed by atoms with Crippen LogP contribution in [0, 0.1) is 6.92 Å². The van der Waals surface area contributed by atoms with Gasteiger partial charge in [-0.05, 0) is 33.0 Å². The summed E-state index contributed by atoms with van der Waals surface area (Å²) in [6.45, 7) is 5.23. The van der Waals surface area contributed by atoms with Crippen molar-refractivity contribution in [1.82, 2.24) is 14.5 Å². The molecule has 1 aromatic carbocycles. The highest BCUT2D eigenvalue weighted by atomic mass is 16.4. The van der Waals surface area contributed by atoms with E-state index < -0.39 is 11.9 Å². The number of likely N-dealkylation sites (N-methyl/N-ethyl adjacent to an activating group) is 1. The number of aliphatic carboxylic acids is 2. The highest BCUT2D eigenvalue weighted by molar-refractivity contribution is 5.89. The summed E-state index contributed by atoms with van der Waals surface area (Å²) in [5, 5.41) is 15.6. The van der Waals surface area contributed by atoms with E-state index in [0.717, 1.165) is 18.8 Å². The zero-order valence-corrected chi connectivity index (χ0v) is 16.2. The predicted octanol–water partition coefficient (Wildman–Crippen LogP) is 2.77. The van der Waals surface area contributed by atoms with Crippen molar-refractivity contribution in [2.45, 2.75) is 32.4 Å². The van der Waals surface area contributed by atoms with Crippen molar-refractivity contribution in [2.24, 2.45) is 0 Å². The van der Waals surface area contributed by atoms with Crippen LogP contribution in [0.1, 0.15) is 24.7 Å². The van der Waals surface area contributed by atoms with E-state index in [1.165, 1.54) is 5.56 Å². The van der Waals surface area contributed by atoms with Crippen LogP contribution >= 0.6 is 0 Å². The molecular weight excluding hydrogens is 346 g/mol. The van der Waals surface area contributed by atoms with E-state index in [2.05, 4.69) is 78.9 Å². The smallest absolute Gasteiger partial charge is 0.328 e. The van der Waals surface area contributed by atoms with Crippen molar-refractivity contribution in [1.29, 1.82) is 0 Å². The molecule has 1 aromatic heterocycles. The van der Waals surface area contributed by atoms with Gasteiger partial charge in [-0.3, -0.25) is 4.90 Å². The monoisotopic (exact) mass is 373 g/mol. The average molecular weight is 373 g/mol. The summed E-state index contributed by atoms with van der Waals surface area (Å²) in [4.78, 5) is 25.8. The number of carboxylic acid groups (broad SMARTS) is 2. The first-order valence-corrected chi connectivity index (χ1v) is 8.57. The molecule has 146 valence electrons. The van der Waals surface area contributed by atoms with Crippen LogP contribution in [0.3, 0.4) is 0 Å². The van der Waals surface area contributed by atoms with Gasteiger partial charge in [0.2, 0.25) is 0 Å². The molecule has 7 nitrogen and oxygen atoms in total. The SMILES string of the molecule is CCC(Cn1ccnc1C)(c1ccccc1)N(C)C.O=C(O)/C=C\C(=O)O. The lowest BCUT2D eigenvalue weighted by atomic mass is 9.85. The molecule has 0 amide bonds. The summed E-state index contributed by atoms with van der Waals surface area (Å²) in [6.07, 6.45) is 6.11. The quantitative estimate of drug-likeness (QED) is 0.725. The van der Waals surface area contributed by atoms with Gasteiger partial charge in [-0.25, -0.2) is 14.6 Å². The number of rotatable bonds is 7. The fraction of sp³-hybridized carbons (Fsp3) is 0.350.